The second kappa shape index (κ2) is 4.89. The lowest BCUT2D eigenvalue weighted by atomic mass is 10.1. The molecule has 0 bridgehead atoms. The molecule has 0 saturated heterocycles. The van der Waals surface area contributed by atoms with Crippen LogP contribution in [0.25, 0.3) is 0 Å². The minimum atomic E-state index is -0.188. The van der Waals surface area contributed by atoms with Crippen LogP contribution in [0, 0.1) is 6.92 Å². The summed E-state index contributed by atoms with van der Waals surface area (Å²) in [7, 11) is 0. The number of benzene rings is 1. The van der Waals surface area contributed by atoms with E-state index in [0.29, 0.717) is 16.1 Å². The van der Waals surface area contributed by atoms with Gasteiger partial charge in [0, 0.05) is 16.2 Å². The standard InChI is InChI=1S/C12H11NO2S2/c1-7-11(17-12(15)13-7)10(14)8-3-5-9(16-2)6-4-8/h3-6H,1-2H3,(H,13,15). The molecular formula is C12H11NO2S2. The molecular weight excluding hydrogens is 254 g/mol. The van der Waals surface area contributed by atoms with Gasteiger partial charge in [0.15, 0.2) is 0 Å². The fourth-order valence-corrected chi connectivity index (χ4v) is 2.71. The second-order valence-corrected chi connectivity index (χ2v) is 5.39. The van der Waals surface area contributed by atoms with Crippen LogP contribution in [0.5, 0.6) is 0 Å². The van der Waals surface area contributed by atoms with Crippen LogP contribution < -0.4 is 4.87 Å². The number of carbonyl (C=O) groups excluding carboxylic acids is 1. The van der Waals surface area contributed by atoms with Crippen LogP contribution in [0.3, 0.4) is 0 Å². The molecule has 1 N–H and O–H groups in total. The summed E-state index contributed by atoms with van der Waals surface area (Å²) in [6, 6.07) is 7.39. The fraction of sp³-hybridized carbons (Fsp3) is 0.167. The Kier molecular flexibility index (Phi) is 3.49. The normalized spacial score (nSPS) is 10.5. The van der Waals surface area contributed by atoms with Crippen LogP contribution in [0.4, 0.5) is 0 Å². The number of thioether (sulfide) groups is 1. The lowest BCUT2D eigenvalue weighted by Gasteiger charge is -2.00. The van der Waals surface area contributed by atoms with Crippen molar-refractivity contribution in [3.63, 3.8) is 0 Å². The third kappa shape index (κ3) is 2.50. The molecule has 88 valence electrons. The van der Waals surface area contributed by atoms with Crippen molar-refractivity contribution in [1.82, 2.24) is 4.98 Å². The van der Waals surface area contributed by atoms with Crippen LogP contribution >= 0.6 is 23.1 Å². The van der Waals surface area contributed by atoms with E-state index < -0.39 is 0 Å². The van der Waals surface area contributed by atoms with E-state index in [1.54, 1.807) is 30.8 Å². The van der Waals surface area contributed by atoms with Gasteiger partial charge in [0.2, 0.25) is 5.78 Å². The minimum absolute atomic E-state index is 0.0986. The Morgan fingerprint density at radius 2 is 1.94 bits per heavy atom. The van der Waals surface area contributed by atoms with Crippen LogP contribution in [0.15, 0.2) is 34.0 Å². The highest BCUT2D eigenvalue weighted by atomic mass is 32.2. The smallest absolute Gasteiger partial charge is 0.305 e. The number of aryl methyl sites for hydroxylation is 1. The summed E-state index contributed by atoms with van der Waals surface area (Å²) in [5.74, 6) is -0.0986. The average molecular weight is 265 g/mol. The lowest BCUT2D eigenvalue weighted by Crippen LogP contribution is -2.00. The summed E-state index contributed by atoms with van der Waals surface area (Å²) in [6.45, 7) is 1.74. The first-order valence-corrected chi connectivity index (χ1v) is 7.04. The van der Waals surface area contributed by atoms with E-state index in [1.165, 1.54) is 0 Å². The maximum absolute atomic E-state index is 12.1. The topological polar surface area (TPSA) is 49.9 Å². The molecule has 0 fully saturated rings. The first kappa shape index (κ1) is 12.1. The number of hydrogen-bond donors (Lipinski definition) is 1. The number of aromatic amines is 1. The molecule has 1 aromatic carbocycles. The molecule has 0 aliphatic carbocycles. The summed E-state index contributed by atoms with van der Waals surface area (Å²) in [6.07, 6.45) is 1.99. The maximum atomic E-state index is 12.1. The summed E-state index contributed by atoms with van der Waals surface area (Å²) in [4.78, 5) is 27.3. The highest BCUT2D eigenvalue weighted by molar-refractivity contribution is 7.98. The number of rotatable bonds is 3. The molecule has 0 unspecified atom stereocenters. The van der Waals surface area contributed by atoms with Gasteiger partial charge in [-0.3, -0.25) is 9.59 Å². The molecule has 3 nitrogen and oxygen atoms in total. The van der Waals surface area contributed by atoms with Crippen molar-refractivity contribution in [1.29, 1.82) is 0 Å². The van der Waals surface area contributed by atoms with Gasteiger partial charge in [0.05, 0.1) is 4.88 Å². The monoisotopic (exact) mass is 265 g/mol. The maximum Gasteiger partial charge on any atom is 0.305 e. The predicted octanol–water partition coefficient (Wildman–Crippen LogP) is 2.70. The van der Waals surface area contributed by atoms with Crippen molar-refractivity contribution in [2.45, 2.75) is 11.8 Å². The van der Waals surface area contributed by atoms with Gasteiger partial charge in [-0.15, -0.1) is 11.8 Å². The number of thiazole rings is 1. The average Bonchev–Trinajstić information content (AvgIpc) is 2.68. The first-order chi connectivity index (χ1) is 8.11. The van der Waals surface area contributed by atoms with Crippen LogP contribution in [-0.2, 0) is 0 Å². The SMILES string of the molecule is CSc1ccc(C(=O)c2sc(=O)[nH]c2C)cc1. The van der Waals surface area contributed by atoms with Crippen molar-refractivity contribution < 1.29 is 4.79 Å². The summed E-state index contributed by atoms with van der Waals surface area (Å²) >= 11 is 2.59. The molecule has 5 heteroatoms. The summed E-state index contributed by atoms with van der Waals surface area (Å²) in [5.41, 5.74) is 1.25. The van der Waals surface area contributed by atoms with E-state index >= 15 is 0 Å². The second-order valence-electron chi connectivity index (χ2n) is 3.53. The Hall–Kier alpha value is -1.33. The van der Waals surface area contributed by atoms with Gasteiger partial charge in [-0.2, -0.15) is 0 Å². The molecule has 0 amide bonds. The van der Waals surface area contributed by atoms with E-state index in [0.717, 1.165) is 16.2 Å². The highest BCUT2D eigenvalue weighted by Gasteiger charge is 2.15. The van der Waals surface area contributed by atoms with E-state index in [-0.39, 0.29) is 10.7 Å². The minimum Gasteiger partial charge on any atom is -0.316 e. The van der Waals surface area contributed by atoms with Gasteiger partial charge in [0.25, 0.3) is 0 Å². The predicted molar refractivity (Wildman–Crippen MR) is 71.3 cm³/mol. The number of nitrogens with one attached hydrogen (secondary N) is 1. The van der Waals surface area contributed by atoms with Gasteiger partial charge in [-0.25, -0.2) is 0 Å². The van der Waals surface area contributed by atoms with Crippen LogP contribution in [0.1, 0.15) is 20.9 Å². The third-order valence-corrected chi connectivity index (χ3v) is 4.11. The third-order valence-electron chi connectivity index (χ3n) is 2.38. The Balaban J connectivity index is 2.36. The van der Waals surface area contributed by atoms with Crippen molar-refractivity contribution in [3.8, 4) is 0 Å². The molecule has 0 radical (unpaired) electrons. The van der Waals surface area contributed by atoms with E-state index in [1.807, 2.05) is 18.4 Å². The van der Waals surface area contributed by atoms with E-state index in [4.69, 9.17) is 0 Å². The Bertz CT molecular complexity index is 596. The lowest BCUT2D eigenvalue weighted by molar-refractivity contribution is 0.104. The first-order valence-electron chi connectivity index (χ1n) is 5.00. The van der Waals surface area contributed by atoms with E-state index in [9.17, 15) is 9.59 Å². The van der Waals surface area contributed by atoms with Gasteiger partial charge < -0.3 is 4.98 Å². The molecule has 0 spiro atoms. The Morgan fingerprint density at radius 1 is 1.29 bits per heavy atom. The Labute approximate surface area is 107 Å². The molecule has 2 rings (SSSR count). The quantitative estimate of drug-likeness (QED) is 0.685. The molecule has 0 aliphatic rings. The summed E-state index contributed by atoms with van der Waals surface area (Å²) < 4.78 is 0. The number of aromatic nitrogens is 1. The molecule has 2 aromatic rings. The number of ketones is 1. The largest absolute Gasteiger partial charge is 0.316 e. The number of hydrogen-bond acceptors (Lipinski definition) is 4. The Morgan fingerprint density at radius 3 is 2.41 bits per heavy atom. The zero-order chi connectivity index (χ0) is 12.4. The number of H-pyrrole nitrogens is 1. The van der Waals surface area contributed by atoms with Crippen LogP contribution in [0.2, 0.25) is 0 Å². The van der Waals surface area contributed by atoms with Crippen molar-refractivity contribution in [2.75, 3.05) is 6.26 Å². The molecule has 17 heavy (non-hydrogen) atoms. The van der Waals surface area contributed by atoms with Crippen LogP contribution in [-0.4, -0.2) is 17.0 Å². The highest BCUT2D eigenvalue weighted by Crippen LogP contribution is 2.19. The molecule has 1 aromatic heterocycles. The van der Waals surface area contributed by atoms with Gasteiger partial charge in [0.1, 0.15) is 0 Å². The molecule has 1 heterocycles. The van der Waals surface area contributed by atoms with E-state index in [2.05, 4.69) is 4.98 Å². The zero-order valence-electron chi connectivity index (χ0n) is 9.44. The van der Waals surface area contributed by atoms with Gasteiger partial charge in [-0.05, 0) is 37.4 Å². The molecule has 0 saturated carbocycles. The van der Waals surface area contributed by atoms with Crippen molar-refractivity contribution in [3.05, 3.63) is 50.1 Å². The zero-order valence-corrected chi connectivity index (χ0v) is 11.1. The molecule has 0 atom stereocenters. The summed E-state index contributed by atoms with van der Waals surface area (Å²) in [5, 5.41) is 0. The van der Waals surface area contributed by atoms with Gasteiger partial charge in [-0.1, -0.05) is 11.3 Å². The van der Waals surface area contributed by atoms with Gasteiger partial charge >= 0.3 is 4.87 Å². The van der Waals surface area contributed by atoms with Crippen molar-refractivity contribution >= 4 is 28.9 Å². The van der Waals surface area contributed by atoms with Crippen molar-refractivity contribution in [2.24, 2.45) is 0 Å². The number of carbonyl (C=O) groups is 1. The molecule has 0 aliphatic heterocycles. The fourth-order valence-electron chi connectivity index (χ4n) is 1.49.